The van der Waals surface area contributed by atoms with Crippen LogP contribution in [0.15, 0.2) is 11.0 Å². The van der Waals surface area contributed by atoms with Gasteiger partial charge in [0, 0.05) is 16.7 Å². The molecule has 1 heterocycles. The molecule has 0 bridgehead atoms. The predicted octanol–water partition coefficient (Wildman–Crippen LogP) is 2.22. The van der Waals surface area contributed by atoms with Crippen LogP contribution in [0.5, 0.6) is 11.6 Å². The predicted molar refractivity (Wildman–Crippen MR) is 55.2 cm³/mol. The van der Waals surface area contributed by atoms with Crippen molar-refractivity contribution in [2.24, 2.45) is 0 Å². The smallest absolute Gasteiger partial charge is 0.493 e. The molecular weight excluding hydrogens is 299 g/mol. The monoisotopic (exact) mass is 305 g/mol. The Kier molecular flexibility index (Phi) is 3.96. The van der Waals surface area contributed by atoms with Crippen LogP contribution in [0.3, 0.4) is 0 Å². The highest BCUT2D eigenvalue weighted by molar-refractivity contribution is 8.13. The molecule has 0 atom stereocenters. The van der Waals surface area contributed by atoms with Gasteiger partial charge in [-0.2, -0.15) is 0 Å². The minimum Gasteiger partial charge on any atom is -0.493 e. The van der Waals surface area contributed by atoms with Gasteiger partial charge >= 0.3 is 6.36 Å². The summed E-state index contributed by atoms with van der Waals surface area (Å²) < 4.78 is 66.7. The van der Waals surface area contributed by atoms with E-state index < -0.39 is 26.2 Å². The molecule has 102 valence electrons. The van der Waals surface area contributed by atoms with Crippen LogP contribution in [0.2, 0.25) is 0 Å². The molecule has 5 nitrogen and oxygen atoms in total. The van der Waals surface area contributed by atoms with E-state index in [1.165, 1.54) is 6.92 Å². The van der Waals surface area contributed by atoms with E-state index in [1.54, 1.807) is 0 Å². The Morgan fingerprint density at radius 3 is 2.33 bits per heavy atom. The van der Waals surface area contributed by atoms with Gasteiger partial charge < -0.3 is 9.47 Å². The Balaban J connectivity index is 3.41. The van der Waals surface area contributed by atoms with Crippen molar-refractivity contribution < 1.29 is 31.1 Å². The molecule has 1 aromatic rings. The molecule has 0 fully saturated rings. The lowest BCUT2D eigenvalue weighted by atomic mass is 10.3. The minimum absolute atomic E-state index is 0.0986. The highest BCUT2D eigenvalue weighted by Crippen LogP contribution is 2.33. The van der Waals surface area contributed by atoms with E-state index in [4.69, 9.17) is 15.4 Å². The summed E-state index contributed by atoms with van der Waals surface area (Å²) in [7, 11) is 1.94. The third-order valence-electron chi connectivity index (χ3n) is 1.77. The molecule has 0 saturated heterocycles. The summed E-state index contributed by atoms with van der Waals surface area (Å²) in [5, 5.41) is 0. The standard InChI is InChI=1S/C8H7ClF3NO4S/c1-4-7(16-2)5(18(9,14)15)3-6(13-4)17-8(10,11)12/h3H,1-2H3. The van der Waals surface area contributed by atoms with Crippen LogP contribution in [0, 0.1) is 6.92 Å². The highest BCUT2D eigenvalue weighted by Gasteiger charge is 2.33. The van der Waals surface area contributed by atoms with Gasteiger partial charge in [0.05, 0.1) is 12.8 Å². The lowest BCUT2D eigenvalue weighted by Crippen LogP contribution is -2.18. The Hall–Kier alpha value is -1.22. The van der Waals surface area contributed by atoms with E-state index in [1.807, 2.05) is 0 Å². The third kappa shape index (κ3) is 3.64. The van der Waals surface area contributed by atoms with E-state index >= 15 is 0 Å². The normalized spacial score (nSPS) is 12.3. The maximum atomic E-state index is 12.0. The van der Waals surface area contributed by atoms with Gasteiger partial charge in [0.2, 0.25) is 5.88 Å². The summed E-state index contributed by atoms with van der Waals surface area (Å²) in [5.74, 6) is -1.17. The Labute approximate surface area is 105 Å². The second-order valence-electron chi connectivity index (χ2n) is 3.06. The van der Waals surface area contributed by atoms with Crippen LogP contribution in [0.4, 0.5) is 13.2 Å². The molecule has 0 radical (unpaired) electrons. The number of rotatable bonds is 3. The number of pyridine rings is 1. The molecule has 18 heavy (non-hydrogen) atoms. The number of aryl methyl sites for hydroxylation is 1. The van der Waals surface area contributed by atoms with Crippen molar-refractivity contribution in [3.8, 4) is 11.6 Å². The largest absolute Gasteiger partial charge is 0.574 e. The summed E-state index contributed by atoms with van der Waals surface area (Å²) in [6.45, 7) is 1.26. The van der Waals surface area contributed by atoms with Crippen LogP contribution in [0.25, 0.3) is 0 Å². The first-order valence-electron chi connectivity index (χ1n) is 4.30. The third-order valence-corrected chi connectivity index (χ3v) is 3.10. The molecule has 0 saturated carbocycles. The Morgan fingerprint density at radius 1 is 1.39 bits per heavy atom. The van der Waals surface area contributed by atoms with E-state index in [0.717, 1.165) is 7.11 Å². The molecular formula is C8H7ClF3NO4S. The molecule has 0 aliphatic heterocycles. The molecule has 0 spiro atoms. The van der Waals surface area contributed by atoms with Gasteiger partial charge in [-0.15, -0.1) is 13.2 Å². The van der Waals surface area contributed by atoms with Gasteiger partial charge in [0.1, 0.15) is 4.90 Å². The van der Waals surface area contributed by atoms with Crippen molar-refractivity contribution in [3.63, 3.8) is 0 Å². The number of nitrogens with zero attached hydrogens (tertiary/aromatic N) is 1. The van der Waals surface area contributed by atoms with Gasteiger partial charge in [0.15, 0.2) is 5.75 Å². The SMILES string of the molecule is COc1c(S(=O)(=O)Cl)cc(OC(F)(F)F)nc1C. The zero-order valence-electron chi connectivity index (χ0n) is 9.08. The molecule has 0 amide bonds. The zero-order chi connectivity index (χ0) is 14.1. The Morgan fingerprint density at radius 2 is 1.94 bits per heavy atom. The molecule has 0 N–H and O–H groups in total. The number of hydrogen-bond acceptors (Lipinski definition) is 5. The van der Waals surface area contributed by atoms with Crippen LogP contribution in [-0.4, -0.2) is 26.9 Å². The lowest BCUT2D eigenvalue weighted by molar-refractivity contribution is -0.276. The number of halogens is 4. The average Bonchev–Trinajstić information content (AvgIpc) is 2.12. The molecule has 0 aromatic carbocycles. The summed E-state index contributed by atoms with van der Waals surface area (Å²) in [4.78, 5) is 2.77. The summed E-state index contributed by atoms with van der Waals surface area (Å²) in [6.07, 6.45) is -4.98. The Bertz CT molecular complexity index is 558. The van der Waals surface area contributed by atoms with Crippen molar-refractivity contribution >= 4 is 19.7 Å². The number of alkyl halides is 3. The average molecular weight is 306 g/mol. The number of methoxy groups -OCH3 is 1. The van der Waals surface area contributed by atoms with Crippen LogP contribution in [0.1, 0.15) is 5.69 Å². The first kappa shape index (κ1) is 14.8. The fraction of sp³-hybridized carbons (Fsp3) is 0.375. The zero-order valence-corrected chi connectivity index (χ0v) is 10.7. The van der Waals surface area contributed by atoms with Gasteiger partial charge in [0.25, 0.3) is 9.05 Å². The number of hydrogen-bond donors (Lipinski definition) is 0. The van der Waals surface area contributed by atoms with Crippen molar-refractivity contribution in [1.29, 1.82) is 0 Å². The van der Waals surface area contributed by atoms with Crippen LogP contribution < -0.4 is 9.47 Å². The first-order valence-corrected chi connectivity index (χ1v) is 6.61. The first-order chi connectivity index (χ1) is 8.04. The molecule has 1 rings (SSSR count). The maximum absolute atomic E-state index is 12.0. The fourth-order valence-corrected chi connectivity index (χ4v) is 2.24. The second-order valence-corrected chi connectivity index (χ2v) is 5.60. The summed E-state index contributed by atoms with van der Waals surface area (Å²) >= 11 is 0. The number of aromatic nitrogens is 1. The highest BCUT2D eigenvalue weighted by atomic mass is 35.7. The van der Waals surface area contributed by atoms with Crippen molar-refractivity contribution in [2.45, 2.75) is 18.2 Å². The molecule has 10 heteroatoms. The van der Waals surface area contributed by atoms with E-state index in [2.05, 4.69) is 9.72 Å². The van der Waals surface area contributed by atoms with Gasteiger partial charge in [-0.1, -0.05) is 0 Å². The fourth-order valence-electron chi connectivity index (χ4n) is 1.20. The molecule has 0 aliphatic carbocycles. The van der Waals surface area contributed by atoms with Gasteiger partial charge in [-0.05, 0) is 6.92 Å². The van der Waals surface area contributed by atoms with E-state index in [0.29, 0.717) is 6.07 Å². The van der Waals surface area contributed by atoms with E-state index in [9.17, 15) is 21.6 Å². The topological polar surface area (TPSA) is 65.5 Å². The van der Waals surface area contributed by atoms with Crippen LogP contribution in [-0.2, 0) is 9.05 Å². The van der Waals surface area contributed by atoms with Crippen molar-refractivity contribution in [1.82, 2.24) is 4.98 Å². The van der Waals surface area contributed by atoms with Crippen molar-refractivity contribution in [2.75, 3.05) is 7.11 Å². The number of ether oxygens (including phenoxy) is 2. The summed E-state index contributed by atoms with van der Waals surface area (Å²) in [6, 6.07) is 0.543. The molecule has 0 aliphatic rings. The molecule has 1 aromatic heterocycles. The maximum Gasteiger partial charge on any atom is 0.574 e. The van der Waals surface area contributed by atoms with Gasteiger partial charge in [-0.25, -0.2) is 13.4 Å². The van der Waals surface area contributed by atoms with E-state index in [-0.39, 0.29) is 11.4 Å². The van der Waals surface area contributed by atoms with Crippen molar-refractivity contribution in [3.05, 3.63) is 11.8 Å². The summed E-state index contributed by atoms with van der Waals surface area (Å²) in [5.41, 5.74) is -0.0986. The minimum atomic E-state index is -4.98. The second kappa shape index (κ2) is 4.81. The lowest BCUT2D eigenvalue weighted by Gasteiger charge is -2.12. The van der Waals surface area contributed by atoms with Crippen LogP contribution >= 0.6 is 10.7 Å². The van der Waals surface area contributed by atoms with Gasteiger partial charge in [-0.3, -0.25) is 0 Å². The molecule has 0 unspecified atom stereocenters. The quantitative estimate of drug-likeness (QED) is 0.801.